The Balaban J connectivity index is 2.58. The number of guanidine groups is 1. The molecule has 4 heteroatoms. The number of unbranched alkanes of at least 4 members (excludes halogenated alkanes) is 2. The molecule has 0 aliphatic heterocycles. The highest BCUT2D eigenvalue weighted by Gasteiger charge is 2.17. The Morgan fingerprint density at radius 3 is 2.17 bits per heavy atom. The number of nitrogens with one attached hydrogen (secondary N) is 1. The van der Waals surface area contributed by atoms with Crippen LogP contribution < -0.4 is 11.3 Å². The maximum atomic E-state index is 5.67. The zero-order valence-electron chi connectivity index (χ0n) is 12.1. The average molecular weight is 254 g/mol. The summed E-state index contributed by atoms with van der Waals surface area (Å²) in [6.45, 7) is 6.57. The van der Waals surface area contributed by atoms with Crippen molar-refractivity contribution in [3.8, 4) is 0 Å². The minimum absolute atomic E-state index is 0.488. The summed E-state index contributed by atoms with van der Waals surface area (Å²) < 4.78 is 0. The Morgan fingerprint density at radius 2 is 1.72 bits per heavy atom. The Kier molecular flexibility index (Phi) is 7.81. The lowest BCUT2D eigenvalue weighted by molar-refractivity contribution is 0.381. The van der Waals surface area contributed by atoms with Crippen molar-refractivity contribution in [2.75, 3.05) is 13.1 Å². The van der Waals surface area contributed by atoms with Gasteiger partial charge in [0.15, 0.2) is 0 Å². The standard InChI is InChI=1S/C14H30N4/c1-3-5-11-18(12-6-4-2)14(17-15)16-13-9-7-8-10-13/h13H,3-12,15H2,1-2H3,(H,16,17). The van der Waals surface area contributed by atoms with Crippen LogP contribution in [0, 0.1) is 0 Å². The van der Waals surface area contributed by atoms with Crippen molar-refractivity contribution in [1.82, 2.24) is 10.3 Å². The topological polar surface area (TPSA) is 53.6 Å². The van der Waals surface area contributed by atoms with E-state index in [4.69, 9.17) is 10.8 Å². The van der Waals surface area contributed by atoms with E-state index < -0.39 is 0 Å². The number of nitrogens with two attached hydrogens (primary N) is 1. The Bertz CT molecular complexity index is 226. The summed E-state index contributed by atoms with van der Waals surface area (Å²) in [6, 6.07) is 0.488. The van der Waals surface area contributed by atoms with Crippen molar-refractivity contribution in [3.05, 3.63) is 0 Å². The van der Waals surface area contributed by atoms with Gasteiger partial charge >= 0.3 is 0 Å². The van der Waals surface area contributed by atoms with Crippen molar-refractivity contribution >= 4 is 5.96 Å². The van der Waals surface area contributed by atoms with Crippen LogP contribution in [-0.2, 0) is 0 Å². The summed E-state index contributed by atoms with van der Waals surface area (Å²) in [7, 11) is 0. The van der Waals surface area contributed by atoms with Gasteiger partial charge in [-0.15, -0.1) is 0 Å². The molecule has 0 aromatic heterocycles. The van der Waals surface area contributed by atoms with Crippen molar-refractivity contribution in [1.29, 1.82) is 0 Å². The highest BCUT2D eigenvalue weighted by atomic mass is 15.4. The molecule has 1 rings (SSSR count). The molecule has 1 aliphatic rings. The number of rotatable bonds is 7. The van der Waals surface area contributed by atoms with E-state index in [0.717, 1.165) is 19.0 Å². The molecule has 1 aliphatic carbocycles. The molecular weight excluding hydrogens is 224 g/mol. The quantitative estimate of drug-likeness (QED) is 0.318. The van der Waals surface area contributed by atoms with E-state index in [-0.39, 0.29) is 0 Å². The van der Waals surface area contributed by atoms with Crippen molar-refractivity contribution in [2.45, 2.75) is 71.3 Å². The molecule has 106 valence electrons. The first-order valence-corrected chi connectivity index (χ1v) is 7.61. The van der Waals surface area contributed by atoms with Crippen LogP contribution >= 0.6 is 0 Å². The second kappa shape index (κ2) is 9.20. The maximum Gasteiger partial charge on any atom is 0.208 e. The monoisotopic (exact) mass is 254 g/mol. The number of hydrazine groups is 1. The van der Waals surface area contributed by atoms with E-state index in [1.807, 2.05) is 0 Å². The molecule has 0 amide bonds. The van der Waals surface area contributed by atoms with E-state index in [1.165, 1.54) is 51.4 Å². The highest BCUT2D eigenvalue weighted by molar-refractivity contribution is 5.79. The third kappa shape index (κ3) is 5.25. The van der Waals surface area contributed by atoms with Gasteiger partial charge in [0.1, 0.15) is 0 Å². The molecule has 0 bridgehead atoms. The molecule has 18 heavy (non-hydrogen) atoms. The summed E-state index contributed by atoms with van der Waals surface area (Å²) in [5.41, 5.74) is 2.82. The minimum Gasteiger partial charge on any atom is -0.342 e. The van der Waals surface area contributed by atoms with Gasteiger partial charge in [0, 0.05) is 13.1 Å². The Labute approximate surface area is 112 Å². The predicted octanol–water partition coefficient (Wildman–Crippen LogP) is 2.65. The first-order chi connectivity index (χ1) is 8.81. The fourth-order valence-electron chi connectivity index (χ4n) is 2.44. The zero-order chi connectivity index (χ0) is 13.2. The third-order valence-electron chi connectivity index (χ3n) is 3.62. The Morgan fingerprint density at radius 1 is 1.17 bits per heavy atom. The summed E-state index contributed by atoms with van der Waals surface area (Å²) in [5.74, 6) is 6.58. The van der Waals surface area contributed by atoms with Gasteiger partial charge in [-0.05, 0) is 25.7 Å². The second-order valence-corrected chi connectivity index (χ2v) is 5.23. The largest absolute Gasteiger partial charge is 0.342 e. The van der Waals surface area contributed by atoms with E-state index in [2.05, 4.69) is 24.2 Å². The van der Waals surface area contributed by atoms with Crippen molar-refractivity contribution in [3.63, 3.8) is 0 Å². The third-order valence-corrected chi connectivity index (χ3v) is 3.62. The van der Waals surface area contributed by atoms with Gasteiger partial charge in [0.05, 0.1) is 6.04 Å². The van der Waals surface area contributed by atoms with Crippen LogP contribution in [0.4, 0.5) is 0 Å². The lowest BCUT2D eigenvalue weighted by atomic mass is 10.2. The van der Waals surface area contributed by atoms with E-state index in [1.54, 1.807) is 0 Å². The smallest absolute Gasteiger partial charge is 0.208 e. The molecule has 4 nitrogen and oxygen atoms in total. The van der Waals surface area contributed by atoms with Crippen LogP contribution in [0.5, 0.6) is 0 Å². The molecule has 3 N–H and O–H groups in total. The average Bonchev–Trinajstić information content (AvgIpc) is 2.89. The van der Waals surface area contributed by atoms with E-state index >= 15 is 0 Å². The van der Waals surface area contributed by atoms with E-state index in [9.17, 15) is 0 Å². The normalized spacial score (nSPS) is 17.2. The van der Waals surface area contributed by atoms with Crippen LogP contribution in [0.2, 0.25) is 0 Å². The molecular formula is C14H30N4. The lowest BCUT2D eigenvalue weighted by Crippen LogP contribution is -2.46. The molecule has 0 radical (unpaired) electrons. The van der Waals surface area contributed by atoms with Gasteiger partial charge in [-0.2, -0.15) is 0 Å². The molecule has 0 atom stereocenters. The van der Waals surface area contributed by atoms with E-state index in [0.29, 0.717) is 6.04 Å². The van der Waals surface area contributed by atoms with Crippen LogP contribution in [0.1, 0.15) is 65.2 Å². The lowest BCUT2D eigenvalue weighted by Gasteiger charge is -2.26. The molecule has 0 spiro atoms. The molecule has 0 unspecified atom stereocenters. The summed E-state index contributed by atoms with van der Waals surface area (Å²) in [5, 5.41) is 0. The SMILES string of the molecule is CCCCN(CCCC)C(=NC1CCCC1)NN. The molecule has 0 saturated heterocycles. The number of nitrogens with zero attached hydrogens (tertiary/aromatic N) is 2. The molecule has 0 aromatic carbocycles. The number of hydrogen-bond acceptors (Lipinski definition) is 2. The molecule has 1 fully saturated rings. The maximum absolute atomic E-state index is 5.67. The van der Waals surface area contributed by atoms with Gasteiger partial charge in [-0.25, -0.2) is 10.8 Å². The summed E-state index contributed by atoms with van der Waals surface area (Å²) in [6.07, 6.45) is 9.91. The minimum atomic E-state index is 0.488. The fraction of sp³-hybridized carbons (Fsp3) is 0.929. The van der Waals surface area contributed by atoms with Crippen molar-refractivity contribution in [2.24, 2.45) is 10.8 Å². The summed E-state index contributed by atoms with van der Waals surface area (Å²) >= 11 is 0. The predicted molar refractivity (Wildman–Crippen MR) is 78.4 cm³/mol. The first-order valence-electron chi connectivity index (χ1n) is 7.61. The van der Waals surface area contributed by atoms with Crippen LogP contribution in [-0.4, -0.2) is 30.0 Å². The number of aliphatic imine (C=N–C) groups is 1. The second-order valence-electron chi connectivity index (χ2n) is 5.23. The number of hydrogen-bond donors (Lipinski definition) is 2. The van der Waals surface area contributed by atoms with Gasteiger partial charge in [-0.1, -0.05) is 39.5 Å². The zero-order valence-corrected chi connectivity index (χ0v) is 12.1. The molecule has 1 saturated carbocycles. The van der Waals surface area contributed by atoms with Gasteiger partial charge in [-0.3, -0.25) is 5.43 Å². The first kappa shape index (κ1) is 15.3. The van der Waals surface area contributed by atoms with Crippen molar-refractivity contribution < 1.29 is 0 Å². The fourth-order valence-corrected chi connectivity index (χ4v) is 2.44. The van der Waals surface area contributed by atoms with Crippen LogP contribution in [0.15, 0.2) is 4.99 Å². The van der Waals surface area contributed by atoms with Gasteiger partial charge in [0.25, 0.3) is 0 Å². The van der Waals surface area contributed by atoms with Crippen LogP contribution in [0.25, 0.3) is 0 Å². The summed E-state index contributed by atoms with van der Waals surface area (Å²) in [4.78, 5) is 7.13. The highest BCUT2D eigenvalue weighted by Crippen LogP contribution is 2.21. The van der Waals surface area contributed by atoms with Crippen LogP contribution in [0.3, 0.4) is 0 Å². The van der Waals surface area contributed by atoms with Gasteiger partial charge < -0.3 is 4.90 Å². The van der Waals surface area contributed by atoms with Gasteiger partial charge in [0.2, 0.25) is 5.96 Å². The molecule has 0 heterocycles. The molecule has 0 aromatic rings. The Hall–Kier alpha value is -0.770.